The first kappa shape index (κ1) is 36.3. The van der Waals surface area contributed by atoms with Crippen LogP contribution in [-0.2, 0) is 14.3 Å². The van der Waals surface area contributed by atoms with Crippen molar-refractivity contribution in [2.24, 2.45) is 0 Å². The number of esters is 1. The Morgan fingerprint density at radius 2 is 1.49 bits per heavy atom. The predicted molar refractivity (Wildman–Crippen MR) is 181 cm³/mol. The molecule has 47 heavy (non-hydrogen) atoms. The molecule has 3 aromatic rings. The topological polar surface area (TPSA) is 134 Å². The molecule has 2 N–H and O–H groups in total. The summed E-state index contributed by atoms with van der Waals surface area (Å²) in [6.07, 6.45) is 1.74. The third-order valence-electron chi connectivity index (χ3n) is 10.3. The zero-order valence-electron chi connectivity index (χ0n) is 28.5. The number of ether oxygens (including phenoxy) is 1. The van der Waals surface area contributed by atoms with Crippen molar-refractivity contribution >= 4 is 76.9 Å². The zero-order chi connectivity index (χ0) is 32.5. The average Bonchev–Trinajstić information content (AvgIpc) is 3.72. The van der Waals surface area contributed by atoms with Crippen LogP contribution in [0.4, 0.5) is 0 Å². The van der Waals surface area contributed by atoms with Crippen molar-refractivity contribution < 1.29 is 35.3 Å². The molecule has 3 radical (unpaired) electrons. The van der Waals surface area contributed by atoms with E-state index in [0.717, 1.165) is 34.6 Å². The Hall–Kier alpha value is -3.57. The minimum absolute atomic E-state index is 0. The van der Waals surface area contributed by atoms with Gasteiger partial charge in [-0.15, -0.1) is 22.1 Å². The van der Waals surface area contributed by atoms with Crippen molar-refractivity contribution in [3.05, 3.63) is 68.8 Å². The molecule has 9 nitrogen and oxygen atoms in total. The number of nitrogens with one attached hydrogen (secondary N) is 2. The molecular formula is C36H42BMgN4O5+2. The van der Waals surface area contributed by atoms with E-state index in [9.17, 15) is 19.2 Å². The maximum atomic E-state index is 14.0. The SMILES string of the molecule is CC[C@H]1c2cc3[n-]c4c(c3C)C(=O)[C@H](C(=O)OC)c4c3[nH+]c(cc4[n-]c(cc([nH+]2)[C@@H]1C)c(C(C)=O)c4C)[C@@H](C)[C@@H]3CCC(C)=O.[2HH].[B].[Mg+2]. The van der Waals surface area contributed by atoms with Gasteiger partial charge in [-0.3, -0.25) is 14.4 Å². The summed E-state index contributed by atoms with van der Waals surface area (Å²) in [5.41, 5.74) is 9.03. The van der Waals surface area contributed by atoms with Gasteiger partial charge in [-0.05, 0) is 58.7 Å². The summed E-state index contributed by atoms with van der Waals surface area (Å²) in [5, 5.41) is 0. The number of methoxy groups -OCH3 is 1. The fraction of sp³-hybridized carbons (Fsp3) is 0.444. The van der Waals surface area contributed by atoms with Crippen molar-refractivity contribution in [3.8, 4) is 0 Å². The maximum Gasteiger partial charge on any atom is 2.00 e. The summed E-state index contributed by atoms with van der Waals surface area (Å²) in [5.74, 6) is -2.09. The van der Waals surface area contributed by atoms with Crippen LogP contribution in [-0.4, -0.2) is 61.9 Å². The van der Waals surface area contributed by atoms with Crippen LogP contribution in [0.5, 0.6) is 0 Å². The number of aromatic nitrogens is 4. The second kappa shape index (κ2) is 13.5. The van der Waals surface area contributed by atoms with Crippen LogP contribution in [0.3, 0.4) is 0 Å². The quantitative estimate of drug-likeness (QED) is 0.164. The van der Waals surface area contributed by atoms with E-state index in [2.05, 4.69) is 30.7 Å². The van der Waals surface area contributed by atoms with Crippen LogP contribution in [0.25, 0.3) is 22.1 Å². The molecule has 11 heteroatoms. The summed E-state index contributed by atoms with van der Waals surface area (Å²) in [6, 6.07) is 5.96. The molecule has 0 saturated heterocycles. The first-order valence-corrected chi connectivity index (χ1v) is 15.8. The van der Waals surface area contributed by atoms with E-state index in [0.29, 0.717) is 57.3 Å². The Bertz CT molecular complexity index is 1990. The van der Waals surface area contributed by atoms with Crippen LogP contribution in [0.2, 0.25) is 0 Å². The van der Waals surface area contributed by atoms with E-state index in [4.69, 9.17) is 14.7 Å². The third-order valence-corrected chi connectivity index (χ3v) is 10.3. The molecule has 3 aliphatic rings. The van der Waals surface area contributed by atoms with Gasteiger partial charge in [-0.2, -0.15) is 0 Å². The number of fused-ring (bicyclic) bond motifs is 8. The number of hydrogen-bond donors (Lipinski definition) is 0. The van der Waals surface area contributed by atoms with Gasteiger partial charge >= 0.3 is 29.0 Å². The van der Waals surface area contributed by atoms with Crippen molar-refractivity contribution in [2.45, 2.75) is 97.3 Å². The van der Waals surface area contributed by atoms with Gasteiger partial charge < -0.3 is 19.5 Å². The van der Waals surface area contributed by atoms with E-state index in [1.54, 1.807) is 13.8 Å². The molecule has 8 bridgehead atoms. The third kappa shape index (κ3) is 5.79. The van der Waals surface area contributed by atoms with Crippen LogP contribution in [0, 0.1) is 13.8 Å². The molecule has 0 spiro atoms. The summed E-state index contributed by atoms with van der Waals surface area (Å²) in [4.78, 5) is 69.6. The van der Waals surface area contributed by atoms with Crippen molar-refractivity contribution in [1.29, 1.82) is 0 Å². The number of aryl methyl sites for hydroxylation is 2. The molecule has 2 aliphatic heterocycles. The van der Waals surface area contributed by atoms with E-state index >= 15 is 0 Å². The number of hydrogen-bond acceptors (Lipinski definition) is 5. The predicted octanol–water partition coefficient (Wildman–Crippen LogP) is 4.72. The number of nitrogens with zero attached hydrogens (tertiary/aromatic N) is 2. The molecule has 1 aliphatic carbocycles. The molecule has 5 heterocycles. The summed E-state index contributed by atoms with van der Waals surface area (Å²) < 4.78 is 5.17. The zero-order valence-corrected chi connectivity index (χ0v) is 29.9. The van der Waals surface area contributed by atoms with E-state index in [1.165, 1.54) is 7.11 Å². The summed E-state index contributed by atoms with van der Waals surface area (Å²) in [6.45, 7) is 13.3. The molecule has 0 amide bonds. The van der Waals surface area contributed by atoms with Gasteiger partial charge in [0.15, 0.2) is 34.3 Å². The van der Waals surface area contributed by atoms with E-state index < -0.39 is 11.9 Å². The van der Waals surface area contributed by atoms with Crippen molar-refractivity contribution in [3.63, 3.8) is 0 Å². The van der Waals surface area contributed by atoms with Gasteiger partial charge in [0, 0.05) is 33.0 Å². The van der Waals surface area contributed by atoms with E-state index in [1.807, 2.05) is 32.0 Å². The Kier molecular flexibility index (Phi) is 10.4. The number of rotatable bonds is 6. The number of H-pyrrole nitrogens is 2. The molecule has 3 aromatic heterocycles. The van der Waals surface area contributed by atoms with Crippen molar-refractivity contribution in [2.75, 3.05) is 7.11 Å². The van der Waals surface area contributed by atoms with E-state index in [-0.39, 0.29) is 73.9 Å². The molecule has 6 rings (SSSR count). The Labute approximate surface area is 294 Å². The molecule has 0 saturated carbocycles. The van der Waals surface area contributed by atoms with Crippen LogP contribution in [0.15, 0.2) is 18.2 Å². The number of ketones is 3. The Morgan fingerprint density at radius 3 is 2.11 bits per heavy atom. The molecular weight excluding hydrogens is 604 g/mol. The average molecular weight is 647 g/mol. The minimum Gasteiger partial charge on any atom is -0.657 e. The number of carbonyl (C=O) groups excluding carboxylic acids is 4. The normalized spacial score (nSPS) is 21.2. The maximum absolute atomic E-state index is 14.0. The smallest absolute Gasteiger partial charge is 0.657 e. The van der Waals surface area contributed by atoms with Crippen LogP contribution >= 0.6 is 0 Å². The Morgan fingerprint density at radius 1 is 0.894 bits per heavy atom. The fourth-order valence-corrected chi connectivity index (χ4v) is 7.72. The molecule has 0 aromatic carbocycles. The van der Waals surface area contributed by atoms with Crippen LogP contribution in [0.1, 0.15) is 145 Å². The summed E-state index contributed by atoms with van der Waals surface area (Å²) >= 11 is 0. The van der Waals surface area contributed by atoms with Crippen molar-refractivity contribution in [1.82, 2.24) is 9.97 Å². The largest absolute Gasteiger partial charge is 2.00 e. The van der Waals surface area contributed by atoms with Gasteiger partial charge in [0.1, 0.15) is 11.7 Å². The molecule has 239 valence electrons. The molecule has 0 unspecified atom stereocenters. The second-order valence-electron chi connectivity index (χ2n) is 12.9. The molecule has 5 atom stereocenters. The standard InChI is InChI=1S/C36H39N4O5.B.Mg.H2/c1-9-21-16(3)23-14-28-29(20(7)42)18(5)25(38-28)12-24-17(4)22(11-10-15(2)41)33(39-24)31-32(36(44)45-8)35(43)30-19(6)26(40-34(30)31)13-27(21)37-23;;;/h12-14,16-17,21-22,32H,9-11H2,1-8H3,(H-,37,38,39,40,42,43);;;1H/q-1;;+2;/p+1/t16-,17+,21-,22+,32-;;;/m1.../s1/i;;;1+1. The van der Waals surface area contributed by atoms with Gasteiger partial charge in [0.05, 0.1) is 30.8 Å². The molecule has 0 fully saturated rings. The van der Waals surface area contributed by atoms with Gasteiger partial charge in [0.2, 0.25) is 0 Å². The van der Waals surface area contributed by atoms with Crippen LogP contribution < -0.4 is 19.9 Å². The minimum atomic E-state index is -1.15. The second-order valence-corrected chi connectivity index (χ2v) is 12.9. The van der Waals surface area contributed by atoms with Gasteiger partial charge in [-0.25, -0.2) is 9.97 Å². The summed E-state index contributed by atoms with van der Waals surface area (Å²) in [7, 11) is 1.29. The first-order valence-electron chi connectivity index (χ1n) is 15.8. The Balaban J connectivity index is 0.00000208. The number of carbonyl (C=O) groups is 4. The fourth-order valence-electron chi connectivity index (χ4n) is 7.72. The first-order chi connectivity index (χ1) is 21.4. The number of aromatic amines is 2. The van der Waals surface area contributed by atoms with Gasteiger partial charge in [-0.1, -0.05) is 31.9 Å². The van der Waals surface area contributed by atoms with Gasteiger partial charge in [0.25, 0.3) is 0 Å². The monoisotopic (exact) mass is 646 g/mol. The number of Topliss-reactive ketones (excluding diaryl/α,β-unsaturated/α-hetero) is 3.